The van der Waals surface area contributed by atoms with Crippen molar-refractivity contribution in [2.24, 2.45) is 0 Å². The molecule has 0 bridgehead atoms. The van der Waals surface area contributed by atoms with E-state index in [1.807, 2.05) is 0 Å². The van der Waals surface area contributed by atoms with Gasteiger partial charge < -0.3 is 15.2 Å². The third-order valence-corrected chi connectivity index (χ3v) is 3.28. The van der Waals surface area contributed by atoms with Gasteiger partial charge in [-0.05, 0) is 29.8 Å². The summed E-state index contributed by atoms with van der Waals surface area (Å²) < 4.78 is 56.4. The second-order valence-electron chi connectivity index (χ2n) is 5.16. The lowest BCUT2D eigenvalue weighted by molar-refractivity contribution is -0.139. The molecule has 4 nitrogen and oxygen atoms in total. The minimum absolute atomic E-state index is 0.230. The van der Waals surface area contributed by atoms with Crippen LogP contribution in [0.4, 0.5) is 17.6 Å². The van der Waals surface area contributed by atoms with Gasteiger partial charge in [0, 0.05) is 6.54 Å². The van der Waals surface area contributed by atoms with Crippen molar-refractivity contribution in [1.29, 1.82) is 0 Å². The lowest BCUT2D eigenvalue weighted by Crippen LogP contribution is -2.32. The highest BCUT2D eigenvalue weighted by Crippen LogP contribution is 2.35. The molecule has 8 heteroatoms. The largest absolute Gasteiger partial charge is 0.483 e. The Kier molecular flexibility index (Phi) is 5.97. The molecule has 1 atom stereocenters. The Morgan fingerprint density at radius 2 is 1.88 bits per heavy atom. The molecule has 0 aliphatic rings. The van der Waals surface area contributed by atoms with E-state index in [9.17, 15) is 27.5 Å². The van der Waals surface area contributed by atoms with E-state index in [1.54, 1.807) is 0 Å². The Bertz CT molecular complexity index is 734. The van der Waals surface area contributed by atoms with Crippen LogP contribution in [0.25, 0.3) is 0 Å². The number of aliphatic hydroxyl groups is 1. The number of amides is 1. The first-order valence-corrected chi connectivity index (χ1v) is 7.26. The highest BCUT2D eigenvalue weighted by Gasteiger charge is 2.34. The minimum Gasteiger partial charge on any atom is -0.483 e. The zero-order chi connectivity index (χ0) is 18.4. The third kappa shape index (κ3) is 5.46. The molecule has 0 saturated carbocycles. The van der Waals surface area contributed by atoms with Crippen LogP contribution in [0.15, 0.2) is 48.5 Å². The van der Waals surface area contributed by atoms with Crippen LogP contribution in [0.2, 0.25) is 0 Å². The van der Waals surface area contributed by atoms with Crippen LogP contribution in [-0.2, 0) is 11.0 Å². The fourth-order valence-electron chi connectivity index (χ4n) is 2.06. The quantitative estimate of drug-likeness (QED) is 0.782. The highest BCUT2D eigenvalue weighted by atomic mass is 19.4. The number of alkyl halides is 3. The number of hydrogen-bond donors (Lipinski definition) is 2. The van der Waals surface area contributed by atoms with Crippen molar-refractivity contribution in [3.05, 3.63) is 65.5 Å². The Morgan fingerprint density at radius 3 is 2.56 bits per heavy atom. The smallest absolute Gasteiger partial charge is 0.419 e. The Hall–Kier alpha value is -2.61. The molecule has 1 amide bonds. The summed E-state index contributed by atoms with van der Waals surface area (Å²) in [6.45, 7) is -0.879. The van der Waals surface area contributed by atoms with Crippen molar-refractivity contribution in [2.45, 2.75) is 12.3 Å². The van der Waals surface area contributed by atoms with Crippen LogP contribution < -0.4 is 10.1 Å². The average molecular weight is 357 g/mol. The summed E-state index contributed by atoms with van der Waals surface area (Å²) in [5, 5.41) is 12.2. The summed E-state index contributed by atoms with van der Waals surface area (Å²) in [4.78, 5) is 11.7. The van der Waals surface area contributed by atoms with Crippen LogP contribution in [0.5, 0.6) is 5.75 Å². The third-order valence-electron chi connectivity index (χ3n) is 3.28. The highest BCUT2D eigenvalue weighted by molar-refractivity contribution is 5.77. The number of rotatable bonds is 6. The summed E-state index contributed by atoms with van der Waals surface area (Å²) >= 11 is 0. The van der Waals surface area contributed by atoms with E-state index in [0.717, 1.165) is 18.2 Å². The van der Waals surface area contributed by atoms with Gasteiger partial charge in [-0.1, -0.05) is 24.3 Å². The predicted molar refractivity (Wildman–Crippen MR) is 81.3 cm³/mol. The van der Waals surface area contributed by atoms with E-state index in [1.165, 1.54) is 30.3 Å². The van der Waals surface area contributed by atoms with Crippen molar-refractivity contribution < 1.29 is 32.2 Å². The maximum absolute atomic E-state index is 13.1. The number of halogens is 4. The van der Waals surface area contributed by atoms with E-state index < -0.39 is 41.9 Å². The van der Waals surface area contributed by atoms with Crippen LogP contribution >= 0.6 is 0 Å². The lowest BCUT2D eigenvalue weighted by atomic mass is 10.1. The molecule has 2 N–H and O–H groups in total. The lowest BCUT2D eigenvalue weighted by Gasteiger charge is -2.15. The van der Waals surface area contributed by atoms with Crippen molar-refractivity contribution in [3.63, 3.8) is 0 Å². The average Bonchev–Trinajstić information content (AvgIpc) is 2.57. The Balaban J connectivity index is 1.88. The van der Waals surface area contributed by atoms with E-state index in [-0.39, 0.29) is 12.1 Å². The number of nitrogens with one attached hydrogen (secondary N) is 1. The topological polar surface area (TPSA) is 58.6 Å². The molecule has 2 aromatic carbocycles. The minimum atomic E-state index is -4.60. The van der Waals surface area contributed by atoms with Gasteiger partial charge in [-0.2, -0.15) is 13.2 Å². The Morgan fingerprint density at radius 1 is 1.16 bits per heavy atom. The van der Waals surface area contributed by atoms with Gasteiger partial charge in [0.2, 0.25) is 0 Å². The molecule has 2 aromatic rings. The number of aliphatic hydroxyl groups excluding tert-OH is 1. The second kappa shape index (κ2) is 7.98. The zero-order valence-electron chi connectivity index (χ0n) is 12.9. The maximum Gasteiger partial charge on any atom is 0.419 e. The molecule has 2 rings (SSSR count). The molecule has 0 aliphatic carbocycles. The Labute approximate surface area is 141 Å². The van der Waals surface area contributed by atoms with Crippen molar-refractivity contribution in [1.82, 2.24) is 5.32 Å². The number of hydrogen-bond acceptors (Lipinski definition) is 3. The van der Waals surface area contributed by atoms with Gasteiger partial charge in [0.05, 0.1) is 11.7 Å². The summed E-state index contributed by atoms with van der Waals surface area (Å²) in [6, 6.07) is 9.75. The molecule has 0 aliphatic heterocycles. The first kappa shape index (κ1) is 18.7. The molecule has 0 spiro atoms. The fraction of sp³-hybridized carbons (Fsp3) is 0.235. The molecule has 1 unspecified atom stereocenters. The van der Waals surface area contributed by atoms with E-state index >= 15 is 0 Å². The number of ether oxygens (including phenoxy) is 1. The standard InChI is InChI=1S/C17H15F4NO3/c18-12-5-3-4-11(8-12)14(23)9-22-16(24)10-25-15-7-2-1-6-13(15)17(19,20)21/h1-8,14,23H,9-10H2,(H,22,24). The molecular weight excluding hydrogens is 342 g/mol. The van der Waals surface area contributed by atoms with Gasteiger partial charge in [0.1, 0.15) is 11.6 Å². The molecular formula is C17H15F4NO3. The van der Waals surface area contributed by atoms with Gasteiger partial charge in [-0.3, -0.25) is 4.79 Å². The molecule has 0 heterocycles. The first-order valence-electron chi connectivity index (χ1n) is 7.26. The summed E-state index contributed by atoms with van der Waals surface area (Å²) in [6.07, 6.45) is -5.75. The number of benzene rings is 2. The fourth-order valence-corrected chi connectivity index (χ4v) is 2.06. The van der Waals surface area contributed by atoms with Crippen LogP contribution in [0, 0.1) is 5.82 Å². The second-order valence-corrected chi connectivity index (χ2v) is 5.16. The van der Waals surface area contributed by atoms with E-state index in [4.69, 9.17) is 4.74 Å². The van der Waals surface area contributed by atoms with E-state index in [0.29, 0.717) is 0 Å². The van der Waals surface area contributed by atoms with Crippen molar-refractivity contribution >= 4 is 5.91 Å². The summed E-state index contributed by atoms with van der Waals surface area (Å²) in [5.41, 5.74) is -0.716. The van der Waals surface area contributed by atoms with Crippen LogP contribution in [0.1, 0.15) is 17.2 Å². The maximum atomic E-state index is 13.1. The molecule has 0 radical (unpaired) electrons. The summed E-state index contributed by atoms with van der Waals surface area (Å²) in [7, 11) is 0. The van der Waals surface area contributed by atoms with Gasteiger partial charge in [-0.25, -0.2) is 4.39 Å². The predicted octanol–water partition coefficient (Wildman–Crippen LogP) is 3.07. The molecule has 134 valence electrons. The van der Waals surface area contributed by atoms with E-state index in [2.05, 4.69) is 5.32 Å². The van der Waals surface area contributed by atoms with Crippen LogP contribution in [-0.4, -0.2) is 24.2 Å². The monoisotopic (exact) mass is 357 g/mol. The van der Waals surface area contributed by atoms with Crippen LogP contribution in [0.3, 0.4) is 0 Å². The van der Waals surface area contributed by atoms with Gasteiger partial charge >= 0.3 is 6.18 Å². The molecule has 25 heavy (non-hydrogen) atoms. The zero-order valence-corrected chi connectivity index (χ0v) is 12.9. The number of carbonyl (C=O) groups excluding carboxylic acids is 1. The normalized spacial score (nSPS) is 12.5. The first-order chi connectivity index (χ1) is 11.8. The van der Waals surface area contributed by atoms with Crippen molar-refractivity contribution in [3.8, 4) is 5.75 Å². The number of carbonyl (C=O) groups is 1. The SMILES string of the molecule is O=C(COc1ccccc1C(F)(F)F)NCC(O)c1cccc(F)c1. The van der Waals surface area contributed by atoms with Crippen molar-refractivity contribution in [2.75, 3.05) is 13.2 Å². The molecule has 0 fully saturated rings. The summed E-state index contributed by atoms with van der Waals surface area (Å²) in [5.74, 6) is -1.71. The van der Waals surface area contributed by atoms with Gasteiger partial charge in [0.25, 0.3) is 5.91 Å². The van der Waals surface area contributed by atoms with Gasteiger partial charge in [0.15, 0.2) is 6.61 Å². The van der Waals surface area contributed by atoms with Gasteiger partial charge in [-0.15, -0.1) is 0 Å². The number of para-hydroxylation sites is 1. The molecule has 0 aromatic heterocycles. The molecule has 0 saturated heterocycles.